The normalized spacial score (nSPS) is 19.2. The molecule has 2 heterocycles. The average molecular weight is 349 g/mol. The molecule has 0 saturated carbocycles. The Morgan fingerprint density at radius 2 is 2.00 bits per heavy atom. The Morgan fingerprint density at radius 1 is 1.29 bits per heavy atom. The van der Waals surface area contributed by atoms with E-state index in [1.807, 2.05) is 13.0 Å². The molecular weight excluding hydrogens is 316 g/mol. The van der Waals surface area contributed by atoms with Gasteiger partial charge in [0.25, 0.3) is 0 Å². The highest BCUT2D eigenvalue weighted by atomic mass is 28.4. The van der Waals surface area contributed by atoms with Crippen LogP contribution in [0.2, 0.25) is 18.1 Å². The number of aryl methyl sites for hydroxylation is 2. The van der Waals surface area contributed by atoms with Crippen LogP contribution in [0.4, 0.5) is 0 Å². The summed E-state index contributed by atoms with van der Waals surface area (Å²) in [5.74, 6) is 1.99. The van der Waals surface area contributed by atoms with E-state index in [1.165, 1.54) is 5.57 Å². The third-order valence-corrected chi connectivity index (χ3v) is 9.60. The van der Waals surface area contributed by atoms with E-state index in [0.29, 0.717) is 13.2 Å². The molecular formula is C20H32O3Si. The van der Waals surface area contributed by atoms with E-state index in [1.54, 1.807) is 0 Å². The summed E-state index contributed by atoms with van der Waals surface area (Å²) in [4.78, 5) is 0. The predicted molar refractivity (Wildman–Crippen MR) is 102 cm³/mol. The Labute approximate surface area is 147 Å². The van der Waals surface area contributed by atoms with Gasteiger partial charge in [-0.1, -0.05) is 33.4 Å². The van der Waals surface area contributed by atoms with Crippen LogP contribution in [0.25, 0.3) is 0 Å². The second-order valence-corrected chi connectivity index (χ2v) is 13.0. The maximum Gasteiger partial charge on any atom is 0.192 e. The van der Waals surface area contributed by atoms with Crippen molar-refractivity contribution in [3.05, 3.63) is 47.5 Å². The number of hydrogen-bond acceptors (Lipinski definition) is 3. The van der Waals surface area contributed by atoms with Gasteiger partial charge in [0.05, 0.1) is 19.3 Å². The van der Waals surface area contributed by atoms with Crippen LogP contribution in [0, 0.1) is 6.92 Å². The lowest BCUT2D eigenvalue weighted by molar-refractivity contribution is 0.204. The van der Waals surface area contributed by atoms with Gasteiger partial charge in [-0.3, -0.25) is 0 Å². The summed E-state index contributed by atoms with van der Waals surface area (Å²) in [5, 5.41) is 0.189. The molecule has 0 radical (unpaired) electrons. The van der Waals surface area contributed by atoms with Crippen molar-refractivity contribution in [2.45, 2.75) is 64.8 Å². The molecule has 1 aliphatic rings. The molecule has 1 saturated heterocycles. The molecule has 0 aromatic carbocycles. The summed E-state index contributed by atoms with van der Waals surface area (Å²) in [7, 11) is -1.84. The number of hydrogen-bond donors (Lipinski definition) is 0. The minimum absolute atomic E-state index is 0.0738. The lowest BCUT2D eigenvalue weighted by Gasteiger charge is -2.38. The molecule has 1 unspecified atom stereocenters. The van der Waals surface area contributed by atoms with Crippen LogP contribution in [0.5, 0.6) is 0 Å². The summed E-state index contributed by atoms with van der Waals surface area (Å²) < 4.78 is 17.9. The summed E-state index contributed by atoms with van der Waals surface area (Å²) in [6.45, 7) is 18.8. The molecule has 1 aromatic heterocycles. The van der Waals surface area contributed by atoms with E-state index in [4.69, 9.17) is 13.6 Å². The summed E-state index contributed by atoms with van der Waals surface area (Å²) in [6, 6.07) is 4.08. The van der Waals surface area contributed by atoms with Crippen molar-refractivity contribution >= 4 is 8.32 Å². The minimum Gasteiger partial charge on any atom is -0.466 e. The van der Waals surface area contributed by atoms with Gasteiger partial charge in [0.15, 0.2) is 8.32 Å². The molecule has 4 heteroatoms. The van der Waals surface area contributed by atoms with Gasteiger partial charge in [-0.15, -0.1) is 0 Å². The first-order valence-electron chi connectivity index (χ1n) is 8.78. The molecule has 24 heavy (non-hydrogen) atoms. The summed E-state index contributed by atoms with van der Waals surface area (Å²) >= 11 is 0. The maximum absolute atomic E-state index is 6.67. The first-order valence-corrected chi connectivity index (χ1v) is 11.7. The largest absolute Gasteiger partial charge is 0.466 e. The number of ether oxygens (including phenoxy) is 1. The topological polar surface area (TPSA) is 31.6 Å². The fourth-order valence-electron chi connectivity index (χ4n) is 2.50. The zero-order valence-corrected chi connectivity index (χ0v) is 17.1. The van der Waals surface area contributed by atoms with Gasteiger partial charge in [0.1, 0.15) is 11.5 Å². The second-order valence-electron chi connectivity index (χ2n) is 8.26. The van der Waals surface area contributed by atoms with Crippen LogP contribution in [0.3, 0.4) is 0 Å². The van der Waals surface area contributed by atoms with Crippen molar-refractivity contribution in [1.29, 1.82) is 0 Å². The van der Waals surface area contributed by atoms with Crippen LogP contribution >= 0.6 is 0 Å². The van der Waals surface area contributed by atoms with Gasteiger partial charge in [-0.25, -0.2) is 0 Å². The van der Waals surface area contributed by atoms with Crippen LogP contribution in [0.1, 0.15) is 38.7 Å². The average Bonchev–Trinajstić information content (AvgIpc) is 3.04. The molecule has 134 valence electrons. The highest BCUT2D eigenvalue weighted by molar-refractivity contribution is 6.74. The van der Waals surface area contributed by atoms with Crippen molar-refractivity contribution in [1.82, 2.24) is 0 Å². The first kappa shape index (κ1) is 19.2. The monoisotopic (exact) mass is 348 g/mol. The zero-order chi connectivity index (χ0) is 18.0. The molecule has 1 fully saturated rings. The molecule has 0 bridgehead atoms. The van der Waals surface area contributed by atoms with Gasteiger partial charge in [-0.05, 0) is 54.8 Å². The highest BCUT2D eigenvalue weighted by Gasteiger charge is 2.39. The molecule has 0 N–H and O–H groups in total. The predicted octanol–water partition coefficient (Wildman–Crippen LogP) is 5.42. The molecule has 0 aliphatic carbocycles. The van der Waals surface area contributed by atoms with E-state index >= 15 is 0 Å². The first-order chi connectivity index (χ1) is 11.1. The van der Waals surface area contributed by atoms with Crippen LogP contribution in [0.15, 0.2) is 40.4 Å². The molecule has 0 amide bonds. The Kier molecular flexibility index (Phi) is 5.94. The Hall–Kier alpha value is -1.10. The molecule has 2 rings (SSSR count). The van der Waals surface area contributed by atoms with Gasteiger partial charge >= 0.3 is 0 Å². The van der Waals surface area contributed by atoms with Gasteiger partial charge < -0.3 is 13.6 Å². The van der Waals surface area contributed by atoms with E-state index in [2.05, 4.69) is 52.6 Å². The highest BCUT2D eigenvalue weighted by Crippen LogP contribution is 2.38. The molecule has 1 aliphatic heterocycles. The molecule has 3 nitrogen and oxygen atoms in total. The van der Waals surface area contributed by atoms with Crippen molar-refractivity contribution < 1.29 is 13.6 Å². The minimum atomic E-state index is -1.84. The summed E-state index contributed by atoms with van der Waals surface area (Å²) in [6.07, 6.45) is 4.09. The van der Waals surface area contributed by atoms with Gasteiger partial charge in [0.2, 0.25) is 0 Å². The van der Waals surface area contributed by atoms with Crippen molar-refractivity contribution in [2.75, 3.05) is 13.2 Å². The van der Waals surface area contributed by atoms with Crippen molar-refractivity contribution in [2.24, 2.45) is 0 Å². The SMILES string of the molecule is C=C1COCC1=CC(CCc1ccc(C)o1)O[Si](C)(C)C(C)(C)C. The third kappa shape index (κ3) is 4.95. The second kappa shape index (κ2) is 7.42. The zero-order valence-electron chi connectivity index (χ0n) is 16.1. The Balaban J connectivity index is 2.13. The van der Waals surface area contributed by atoms with Crippen LogP contribution < -0.4 is 0 Å². The van der Waals surface area contributed by atoms with Crippen molar-refractivity contribution in [3.8, 4) is 0 Å². The lowest BCUT2D eigenvalue weighted by atomic mass is 10.1. The lowest BCUT2D eigenvalue weighted by Crippen LogP contribution is -2.43. The van der Waals surface area contributed by atoms with E-state index in [-0.39, 0.29) is 11.1 Å². The Bertz CT molecular complexity index is 605. The van der Waals surface area contributed by atoms with E-state index in [9.17, 15) is 0 Å². The fraction of sp³-hybridized carbons (Fsp3) is 0.600. The molecule has 1 aromatic rings. The molecule has 1 atom stereocenters. The number of furan rings is 1. The fourth-order valence-corrected chi connectivity index (χ4v) is 3.80. The quantitative estimate of drug-likeness (QED) is 0.643. The van der Waals surface area contributed by atoms with Crippen molar-refractivity contribution in [3.63, 3.8) is 0 Å². The smallest absolute Gasteiger partial charge is 0.192 e. The van der Waals surface area contributed by atoms with E-state index in [0.717, 1.165) is 29.9 Å². The maximum atomic E-state index is 6.67. The molecule has 0 spiro atoms. The van der Waals surface area contributed by atoms with Gasteiger partial charge in [-0.2, -0.15) is 0 Å². The van der Waals surface area contributed by atoms with Gasteiger partial charge in [0, 0.05) is 6.42 Å². The third-order valence-electron chi connectivity index (χ3n) is 5.10. The standard InChI is InChI=1S/C20H32O3Si/c1-15-13-21-14-17(15)12-19(23-24(6,7)20(3,4)5)11-10-18-9-8-16(2)22-18/h8-9,12,19H,1,10-11,13-14H2,2-7H3. The summed E-state index contributed by atoms with van der Waals surface area (Å²) in [5.41, 5.74) is 2.27. The van der Waals surface area contributed by atoms with Crippen LogP contribution in [-0.4, -0.2) is 27.6 Å². The number of rotatable bonds is 6. The van der Waals surface area contributed by atoms with Crippen LogP contribution in [-0.2, 0) is 15.6 Å². The van der Waals surface area contributed by atoms with E-state index < -0.39 is 8.32 Å². The Morgan fingerprint density at radius 3 is 2.50 bits per heavy atom.